The quantitative estimate of drug-likeness (QED) is 0.688. The van der Waals surface area contributed by atoms with E-state index < -0.39 is 10.0 Å². The summed E-state index contributed by atoms with van der Waals surface area (Å²) in [7, 11) is -1.77. The van der Waals surface area contributed by atoms with E-state index in [4.69, 9.17) is 0 Å². The van der Waals surface area contributed by atoms with Gasteiger partial charge in [-0.25, -0.2) is 8.42 Å². The van der Waals surface area contributed by atoms with Crippen LogP contribution in [0.1, 0.15) is 44.9 Å². The van der Waals surface area contributed by atoms with E-state index >= 15 is 0 Å². The van der Waals surface area contributed by atoms with E-state index in [2.05, 4.69) is 0 Å². The summed E-state index contributed by atoms with van der Waals surface area (Å²) in [4.78, 5) is 29.9. The van der Waals surface area contributed by atoms with Crippen LogP contribution in [0.5, 0.6) is 0 Å². The molecule has 2 heterocycles. The zero-order valence-electron chi connectivity index (χ0n) is 17.4. The van der Waals surface area contributed by atoms with Gasteiger partial charge in [0.25, 0.3) is 0 Å². The van der Waals surface area contributed by atoms with Gasteiger partial charge in [-0.2, -0.15) is 4.31 Å². The number of thioether (sulfide) groups is 1. The summed E-state index contributed by atoms with van der Waals surface area (Å²) in [5, 5.41) is 0. The van der Waals surface area contributed by atoms with E-state index in [0.717, 1.165) is 43.4 Å². The summed E-state index contributed by atoms with van der Waals surface area (Å²) < 4.78 is 27.5. The summed E-state index contributed by atoms with van der Waals surface area (Å²) in [6.45, 7) is 1.01. The van der Waals surface area contributed by atoms with Crippen molar-refractivity contribution in [1.82, 2.24) is 9.21 Å². The number of fused-ring (bicyclic) bond motifs is 1. The van der Waals surface area contributed by atoms with E-state index in [9.17, 15) is 18.0 Å². The summed E-state index contributed by atoms with van der Waals surface area (Å²) in [6, 6.07) is 5.17. The molecule has 1 saturated carbocycles. The third-order valence-corrected chi connectivity index (χ3v) is 9.33. The minimum absolute atomic E-state index is 0.0490. The Morgan fingerprint density at radius 1 is 1.13 bits per heavy atom. The Bertz CT molecular complexity index is 922. The van der Waals surface area contributed by atoms with Crippen molar-refractivity contribution in [2.24, 2.45) is 0 Å². The van der Waals surface area contributed by atoms with Gasteiger partial charge < -0.3 is 9.80 Å². The second-order valence-electron chi connectivity index (χ2n) is 8.31. The zero-order valence-corrected chi connectivity index (χ0v) is 19.0. The Balaban J connectivity index is 1.58. The van der Waals surface area contributed by atoms with Gasteiger partial charge in [-0.3, -0.25) is 9.59 Å². The van der Waals surface area contributed by atoms with Crippen molar-refractivity contribution >= 4 is 39.3 Å². The number of hydrogen-bond acceptors (Lipinski definition) is 5. The Hall–Kier alpha value is -1.58. The number of likely N-dealkylation sites (N-methyl/N-ethyl adjacent to an activating group) is 1. The molecule has 0 aromatic heterocycles. The molecular formula is C21H29N3O4S2. The highest BCUT2D eigenvalue weighted by molar-refractivity contribution is 8.00. The minimum Gasteiger partial charge on any atom is -0.341 e. The molecule has 4 rings (SSSR count). The molecule has 164 valence electrons. The third kappa shape index (κ3) is 4.24. The van der Waals surface area contributed by atoms with Crippen molar-refractivity contribution in [1.29, 1.82) is 0 Å². The van der Waals surface area contributed by atoms with Crippen molar-refractivity contribution in [3.8, 4) is 0 Å². The third-order valence-electron chi connectivity index (χ3n) is 6.39. The molecule has 0 atom stereocenters. The Labute approximate surface area is 182 Å². The van der Waals surface area contributed by atoms with Gasteiger partial charge in [-0.1, -0.05) is 19.3 Å². The molecule has 3 aliphatic rings. The molecule has 9 heteroatoms. The monoisotopic (exact) mass is 451 g/mol. The molecule has 0 spiro atoms. The van der Waals surface area contributed by atoms with Crippen LogP contribution >= 0.6 is 11.8 Å². The fourth-order valence-electron chi connectivity index (χ4n) is 4.51. The lowest BCUT2D eigenvalue weighted by Gasteiger charge is -2.34. The van der Waals surface area contributed by atoms with Gasteiger partial charge >= 0.3 is 0 Å². The van der Waals surface area contributed by atoms with Crippen molar-refractivity contribution in [2.75, 3.05) is 37.3 Å². The summed E-state index contributed by atoms with van der Waals surface area (Å²) in [5.74, 6) is 0.000524. The van der Waals surface area contributed by atoms with Gasteiger partial charge in [0, 0.05) is 31.1 Å². The second kappa shape index (κ2) is 8.88. The van der Waals surface area contributed by atoms with Crippen LogP contribution in [0.15, 0.2) is 28.0 Å². The van der Waals surface area contributed by atoms with Crippen molar-refractivity contribution in [3.05, 3.63) is 18.2 Å². The highest BCUT2D eigenvalue weighted by Crippen LogP contribution is 2.38. The normalized spacial score (nSPS) is 21.0. The number of anilines is 1. The average molecular weight is 452 g/mol. The molecule has 1 aromatic rings. The maximum Gasteiger partial charge on any atom is 0.243 e. The van der Waals surface area contributed by atoms with Crippen LogP contribution in [0.25, 0.3) is 0 Å². The molecule has 2 amide bonds. The topological polar surface area (TPSA) is 78.0 Å². The fourth-order valence-corrected chi connectivity index (χ4v) is 6.97. The Morgan fingerprint density at radius 2 is 1.83 bits per heavy atom. The number of sulfonamides is 1. The SMILES string of the molecule is CN(C(=O)CN1C(=O)CSc2ccc(S(=O)(=O)N3CCCC3)cc21)C1CCCCC1. The second-order valence-corrected chi connectivity index (χ2v) is 11.3. The summed E-state index contributed by atoms with van der Waals surface area (Å²) in [6.07, 6.45) is 7.20. The first kappa shape index (κ1) is 21.6. The molecule has 0 N–H and O–H groups in total. The Morgan fingerprint density at radius 3 is 2.53 bits per heavy atom. The number of carbonyl (C=O) groups is 2. The van der Waals surface area contributed by atoms with Gasteiger partial charge in [0.1, 0.15) is 6.54 Å². The number of nitrogens with zero attached hydrogens (tertiary/aromatic N) is 3. The minimum atomic E-state index is -3.58. The lowest BCUT2D eigenvalue weighted by atomic mass is 9.94. The molecule has 1 aromatic carbocycles. The highest BCUT2D eigenvalue weighted by Gasteiger charge is 2.33. The fraction of sp³-hybridized carbons (Fsp3) is 0.619. The van der Waals surface area contributed by atoms with Crippen LogP contribution in [0.2, 0.25) is 0 Å². The molecule has 30 heavy (non-hydrogen) atoms. The van der Waals surface area contributed by atoms with Gasteiger partial charge in [-0.05, 0) is 43.9 Å². The van der Waals surface area contributed by atoms with Crippen molar-refractivity contribution in [2.45, 2.75) is 60.8 Å². The van der Waals surface area contributed by atoms with Crippen molar-refractivity contribution < 1.29 is 18.0 Å². The molecule has 1 saturated heterocycles. The molecular weight excluding hydrogens is 422 g/mol. The van der Waals surface area contributed by atoms with Crippen LogP contribution in [-0.4, -0.2) is 67.9 Å². The first-order valence-electron chi connectivity index (χ1n) is 10.7. The molecule has 2 aliphatic heterocycles. The van der Waals surface area contributed by atoms with E-state index in [-0.39, 0.29) is 35.0 Å². The molecule has 0 radical (unpaired) electrons. The number of hydrogen-bond donors (Lipinski definition) is 0. The molecule has 0 unspecified atom stereocenters. The van der Waals surface area contributed by atoms with Crippen LogP contribution in [0.4, 0.5) is 5.69 Å². The number of carbonyl (C=O) groups excluding carboxylic acids is 2. The van der Waals surface area contributed by atoms with E-state index in [0.29, 0.717) is 18.8 Å². The highest BCUT2D eigenvalue weighted by atomic mass is 32.2. The van der Waals surface area contributed by atoms with Gasteiger partial charge in [0.2, 0.25) is 21.8 Å². The van der Waals surface area contributed by atoms with E-state index in [1.54, 1.807) is 23.1 Å². The standard InChI is InChI=1S/C21H29N3O4S2/c1-22(16-7-3-2-4-8-16)20(25)14-24-18-13-17(9-10-19(18)29-15-21(24)26)30(27,28)23-11-5-6-12-23/h9-10,13,16H,2-8,11-12,14-15H2,1H3. The molecule has 2 fully saturated rings. The lowest BCUT2D eigenvalue weighted by Crippen LogP contribution is -2.47. The van der Waals surface area contributed by atoms with Gasteiger partial charge in [-0.15, -0.1) is 11.8 Å². The average Bonchev–Trinajstić information content (AvgIpc) is 3.31. The smallest absolute Gasteiger partial charge is 0.243 e. The predicted molar refractivity (Wildman–Crippen MR) is 117 cm³/mol. The largest absolute Gasteiger partial charge is 0.341 e. The maximum absolute atomic E-state index is 13.0. The van der Waals surface area contributed by atoms with Gasteiger partial charge in [0.05, 0.1) is 16.3 Å². The Kier molecular flexibility index (Phi) is 6.41. The van der Waals surface area contributed by atoms with Crippen LogP contribution in [0.3, 0.4) is 0 Å². The summed E-state index contributed by atoms with van der Waals surface area (Å²) in [5.41, 5.74) is 0.530. The van der Waals surface area contributed by atoms with E-state index in [1.807, 2.05) is 7.05 Å². The van der Waals surface area contributed by atoms with Crippen molar-refractivity contribution in [3.63, 3.8) is 0 Å². The van der Waals surface area contributed by atoms with Crippen LogP contribution in [-0.2, 0) is 19.6 Å². The first-order chi connectivity index (χ1) is 14.4. The number of benzene rings is 1. The summed E-state index contributed by atoms with van der Waals surface area (Å²) >= 11 is 1.39. The maximum atomic E-state index is 13.0. The van der Waals surface area contributed by atoms with E-state index in [1.165, 1.54) is 27.4 Å². The molecule has 1 aliphatic carbocycles. The van der Waals surface area contributed by atoms with Crippen LogP contribution in [0, 0.1) is 0 Å². The number of rotatable bonds is 5. The number of amides is 2. The lowest BCUT2D eigenvalue weighted by molar-refractivity contribution is -0.132. The van der Waals surface area contributed by atoms with Crippen LogP contribution < -0.4 is 4.90 Å². The van der Waals surface area contributed by atoms with Gasteiger partial charge in [0.15, 0.2) is 0 Å². The molecule has 0 bridgehead atoms. The molecule has 7 nitrogen and oxygen atoms in total. The zero-order chi connectivity index (χ0) is 21.3. The predicted octanol–water partition coefficient (Wildman–Crippen LogP) is 2.70. The first-order valence-corrected chi connectivity index (χ1v) is 13.1.